The Labute approximate surface area is 182 Å². The van der Waals surface area contributed by atoms with Crippen LogP contribution < -0.4 is 4.74 Å². The molecule has 170 valence electrons. The lowest BCUT2D eigenvalue weighted by Crippen LogP contribution is -2.43. The highest BCUT2D eigenvalue weighted by Gasteiger charge is 2.36. The zero-order valence-corrected chi connectivity index (χ0v) is 18.7. The summed E-state index contributed by atoms with van der Waals surface area (Å²) < 4.78 is 35.2. The number of aryl methyl sites for hydroxylation is 1. The van der Waals surface area contributed by atoms with Gasteiger partial charge in [0.15, 0.2) is 0 Å². The molecule has 1 amide bonds. The fraction of sp³-hybridized carbons (Fsp3) is 0.625. The van der Waals surface area contributed by atoms with Gasteiger partial charge in [0.05, 0.1) is 0 Å². The molecule has 0 bridgehead atoms. The number of alkyl halides is 2. The lowest BCUT2D eigenvalue weighted by molar-refractivity contribution is -0.0495. The molecule has 0 saturated carbocycles. The van der Waals surface area contributed by atoms with Crippen molar-refractivity contribution >= 4 is 16.8 Å². The Bertz CT molecular complexity index is 922. The highest BCUT2D eigenvalue weighted by molar-refractivity contribution is 5.99. The third-order valence-electron chi connectivity index (χ3n) is 6.70. The van der Waals surface area contributed by atoms with E-state index in [9.17, 15) is 13.6 Å². The van der Waals surface area contributed by atoms with Crippen molar-refractivity contribution in [3.8, 4) is 5.75 Å². The smallest absolute Gasteiger partial charge is 0.270 e. The van der Waals surface area contributed by atoms with Crippen LogP contribution in [0.4, 0.5) is 8.78 Å². The summed E-state index contributed by atoms with van der Waals surface area (Å²) in [5.74, 6) is -2.01. The minimum Gasteiger partial charge on any atom is -0.490 e. The van der Waals surface area contributed by atoms with Crippen LogP contribution in [0.3, 0.4) is 0 Å². The average Bonchev–Trinajstić information content (AvgIpc) is 3.11. The van der Waals surface area contributed by atoms with Gasteiger partial charge in [-0.25, -0.2) is 8.78 Å². The molecule has 2 aliphatic rings. The molecule has 7 heteroatoms. The topological polar surface area (TPSA) is 37.7 Å². The molecule has 2 fully saturated rings. The van der Waals surface area contributed by atoms with Gasteiger partial charge in [0.2, 0.25) is 0 Å². The summed E-state index contributed by atoms with van der Waals surface area (Å²) >= 11 is 0. The SMILES string of the molecule is CCn1c(C(=O)N2CCC(F)(F)CC2)cc2cc(OC3CCN(C(C)C)CC3)ccc21. The highest BCUT2D eigenvalue weighted by Crippen LogP contribution is 2.31. The molecule has 0 spiro atoms. The monoisotopic (exact) mass is 433 g/mol. The van der Waals surface area contributed by atoms with Gasteiger partial charge in [-0.15, -0.1) is 0 Å². The number of hydrogen-bond donors (Lipinski definition) is 0. The summed E-state index contributed by atoms with van der Waals surface area (Å²) in [6.07, 6.45) is 1.69. The fourth-order valence-corrected chi connectivity index (χ4v) is 4.74. The molecule has 0 unspecified atom stereocenters. The van der Waals surface area contributed by atoms with Crippen molar-refractivity contribution < 1.29 is 18.3 Å². The molecule has 0 atom stereocenters. The van der Waals surface area contributed by atoms with Gasteiger partial charge in [0, 0.05) is 62.5 Å². The van der Waals surface area contributed by atoms with Crippen LogP contribution in [0.2, 0.25) is 0 Å². The van der Waals surface area contributed by atoms with Crippen LogP contribution in [0.25, 0.3) is 10.9 Å². The van der Waals surface area contributed by atoms with E-state index in [2.05, 4.69) is 18.7 Å². The first-order valence-corrected chi connectivity index (χ1v) is 11.5. The van der Waals surface area contributed by atoms with Crippen molar-refractivity contribution in [2.24, 2.45) is 0 Å². The van der Waals surface area contributed by atoms with E-state index in [0.29, 0.717) is 18.3 Å². The number of piperidine rings is 2. The molecular formula is C24H33F2N3O2. The minimum absolute atomic E-state index is 0.0977. The van der Waals surface area contributed by atoms with Crippen molar-refractivity contribution in [1.29, 1.82) is 0 Å². The van der Waals surface area contributed by atoms with Crippen LogP contribution in [-0.4, -0.2) is 64.5 Å². The van der Waals surface area contributed by atoms with E-state index in [0.717, 1.165) is 42.6 Å². The first-order valence-electron chi connectivity index (χ1n) is 11.5. The van der Waals surface area contributed by atoms with E-state index in [-0.39, 0.29) is 37.9 Å². The molecule has 31 heavy (non-hydrogen) atoms. The summed E-state index contributed by atoms with van der Waals surface area (Å²) in [7, 11) is 0. The number of ether oxygens (including phenoxy) is 1. The zero-order chi connectivity index (χ0) is 22.2. The number of carbonyl (C=O) groups excluding carboxylic acids is 1. The van der Waals surface area contributed by atoms with Gasteiger partial charge in [0.1, 0.15) is 17.5 Å². The first-order chi connectivity index (χ1) is 14.8. The summed E-state index contributed by atoms with van der Waals surface area (Å²) in [4.78, 5) is 17.1. The molecule has 3 heterocycles. The van der Waals surface area contributed by atoms with E-state index in [1.54, 1.807) is 4.90 Å². The van der Waals surface area contributed by atoms with Gasteiger partial charge in [-0.05, 0) is 57.9 Å². The molecule has 4 rings (SSSR count). The lowest BCUT2D eigenvalue weighted by atomic mass is 10.1. The number of fused-ring (bicyclic) bond motifs is 1. The van der Waals surface area contributed by atoms with Gasteiger partial charge in [-0.3, -0.25) is 4.79 Å². The van der Waals surface area contributed by atoms with E-state index in [1.807, 2.05) is 35.8 Å². The van der Waals surface area contributed by atoms with Gasteiger partial charge >= 0.3 is 0 Å². The average molecular weight is 434 g/mol. The Kier molecular flexibility index (Phi) is 6.24. The van der Waals surface area contributed by atoms with Crippen LogP contribution in [-0.2, 0) is 6.54 Å². The molecule has 0 radical (unpaired) electrons. The normalized spacial score (nSPS) is 20.5. The van der Waals surface area contributed by atoms with Crippen molar-refractivity contribution in [3.05, 3.63) is 30.0 Å². The Hall–Kier alpha value is -2.15. The number of rotatable bonds is 5. The Balaban J connectivity index is 1.50. The number of benzene rings is 1. The number of amides is 1. The summed E-state index contributed by atoms with van der Waals surface area (Å²) in [6.45, 7) is 9.37. The van der Waals surface area contributed by atoms with E-state index in [4.69, 9.17) is 4.74 Å². The maximum Gasteiger partial charge on any atom is 0.270 e. The van der Waals surface area contributed by atoms with Crippen LogP contribution in [0.1, 0.15) is 56.9 Å². The molecule has 2 saturated heterocycles. The zero-order valence-electron chi connectivity index (χ0n) is 18.7. The third-order valence-corrected chi connectivity index (χ3v) is 6.70. The molecule has 5 nitrogen and oxygen atoms in total. The standard InChI is InChI=1S/C24H33F2N3O2/c1-4-29-21-6-5-20(31-19-7-11-27(12-8-19)17(2)3)15-18(21)16-22(29)23(30)28-13-9-24(25,26)10-14-28/h5-6,15-17,19H,4,7-14H2,1-3H3. The predicted octanol–water partition coefficient (Wildman–Crippen LogP) is 4.78. The summed E-state index contributed by atoms with van der Waals surface area (Å²) in [5.41, 5.74) is 1.53. The molecule has 1 aromatic heterocycles. The predicted molar refractivity (Wildman–Crippen MR) is 118 cm³/mol. The Morgan fingerprint density at radius 2 is 1.81 bits per heavy atom. The Morgan fingerprint density at radius 1 is 1.13 bits per heavy atom. The second kappa shape index (κ2) is 8.77. The van der Waals surface area contributed by atoms with E-state index in [1.165, 1.54) is 0 Å². The molecule has 1 aromatic carbocycles. The largest absolute Gasteiger partial charge is 0.490 e. The van der Waals surface area contributed by atoms with Crippen LogP contribution >= 0.6 is 0 Å². The van der Waals surface area contributed by atoms with Crippen molar-refractivity contribution in [2.75, 3.05) is 26.2 Å². The number of halogens is 2. The summed E-state index contributed by atoms with van der Waals surface area (Å²) in [6, 6.07) is 8.41. The molecule has 0 N–H and O–H groups in total. The van der Waals surface area contributed by atoms with Crippen LogP contribution in [0, 0.1) is 0 Å². The number of nitrogens with zero attached hydrogens (tertiary/aromatic N) is 3. The van der Waals surface area contributed by atoms with Crippen LogP contribution in [0.15, 0.2) is 24.3 Å². The number of carbonyl (C=O) groups is 1. The second-order valence-electron chi connectivity index (χ2n) is 9.09. The number of aromatic nitrogens is 1. The maximum atomic E-state index is 13.5. The highest BCUT2D eigenvalue weighted by atomic mass is 19.3. The fourth-order valence-electron chi connectivity index (χ4n) is 4.74. The quantitative estimate of drug-likeness (QED) is 0.681. The molecule has 2 aromatic rings. The van der Waals surface area contributed by atoms with E-state index >= 15 is 0 Å². The molecular weight excluding hydrogens is 400 g/mol. The minimum atomic E-state index is -2.66. The number of likely N-dealkylation sites (tertiary alicyclic amines) is 2. The summed E-state index contributed by atoms with van der Waals surface area (Å²) in [5, 5.41) is 0.949. The lowest BCUT2D eigenvalue weighted by Gasteiger charge is -2.34. The van der Waals surface area contributed by atoms with Crippen molar-refractivity contribution in [1.82, 2.24) is 14.4 Å². The second-order valence-corrected chi connectivity index (χ2v) is 9.09. The molecule has 0 aliphatic carbocycles. The third kappa shape index (κ3) is 4.71. The van der Waals surface area contributed by atoms with Gasteiger partial charge < -0.3 is 19.1 Å². The van der Waals surface area contributed by atoms with Gasteiger partial charge in [-0.2, -0.15) is 0 Å². The van der Waals surface area contributed by atoms with Crippen molar-refractivity contribution in [2.45, 2.75) is 71.1 Å². The molecule has 2 aliphatic heterocycles. The van der Waals surface area contributed by atoms with Gasteiger partial charge in [-0.1, -0.05) is 0 Å². The first kappa shape index (κ1) is 22.1. The Morgan fingerprint density at radius 3 is 2.42 bits per heavy atom. The maximum absolute atomic E-state index is 13.5. The van der Waals surface area contributed by atoms with Gasteiger partial charge in [0.25, 0.3) is 11.8 Å². The van der Waals surface area contributed by atoms with Crippen LogP contribution in [0.5, 0.6) is 5.75 Å². The van der Waals surface area contributed by atoms with E-state index < -0.39 is 5.92 Å². The number of hydrogen-bond acceptors (Lipinski definition) is 3. The van der Waals surface area contributed by atoms with Crippen molar-refractivity contribution in [3.63, 3.8) is 0 Å².